The molecule has 0 aliphatic heterocycles. The average molecular weight is 344 g/mol. The Bertz CT molecular complexity index is 774. The number of halogens is 1. The number of rotatable bonds is 4. The summed E-state index contributed by atoms with van der Waals surface area (Å²) in [4.78, 5) is 4.38. The summed E-state index contributed by atoms with van der Waals surface area (Å²) in [5, 5.41) is 11.3. The Balaban J connectivity index is 1.94. The van der Waals surface area contributed by atoms with Crippen molar-refractivity contribution in [2.24, 2.45) is 0 Å². The molecule has 0 unspecified atom stereocenters. The number of aliphatic hydroxyl groups excluding tert-OH is 1. The first-order chi connectivity index (χ1) is 10.3. The summed E-state index contributed by atoms with van der Waals surface area (Å²) in [6, 6.07) is 17.7. The van der Waals surface area contributed by atoms with Crippen LogP contribution in [0.25, 0.3) is 10.8 Å². The second-order valence-corrected chi connectivity index (χ2v) is 5.53. The number of hydrogen-bond donors (Lipinski definition) is 1. The fraction of sp³-hybridized carbons (Fsp3) is 0.118. The Kier molecular flexibility index (Phi) is 4.18. The third kappa shape index (κ3) is 3.06. The zero-order chi connectivity index (χ0) is 14.7. The van der Waals surface area contributed by atoms with Crippen LogP contribution < -0.4 is 4.74 Å². The van der Waals surface area contributed by atoms with Gasteiger partial charge in [-0.2, -0.15) is 0 Å². The lowest BCUT2D eigenvalue weighted by Crippen LogP contribution is -2.01. The first-order valence-electron chi connectivity index (χ1n) is 6.63. The Hall–Kier alpha value is -1.91. The van der Waals surface area contributed by atoms with Gasteiger partial charge in [-0.05, 0) is 23.6 Å². The Morgan fingerprint density at radius 1 is 1.05 bits per heavy atom. The van der Waals surface area contributed by atoms with E-state index in [-0.39, 0.29) is 6.61 Å². The molecule has 3 rings (SSSR count). The molecule has 1 aromatic heterocycles. The highest BCUT2D eigenvalue weighted by molar-refractivity contribution is 9.10. The summed E-state index contributed by atoms with van der Waals surface area (Å²) >= 11 is 3.51. The van der Waals surface area contributed by atoms with Gasteiger partial charge < -0.3 is 9.84 Å². The summed E-state index contributed by atoms with van der Waals surface area (Å²) in [5.41, 5.74) is 1.66. The smallest absolute Gasteiger partial charge is 0.222 e. The molecule has 3 nitrogen and oxygen atoms in total. The second kappa shape index (κ2) is 6.24. The SMILES string of the molecule is OCc1cc2ccccc2c(OCc2ccccc2Br)n1. The van der Waals surface area contributed by atoms with Crippen molar-refractivity contribution < 1.29 is 9.84 Å². The van der Waals surface area contributed by atoms with Crippen LogP contribution in [-0.4, -0.2) is 10.1 Å². The van der Waals surface area contributed by atoms with Gasteiger partial charge in [0, 0.05) is 15.4 Å². The van der Waals surface area contributed by atoms with Gasteiger partial charge in [0.2, 0.25) is 5.88 Å². The molecule has 0 aliphatic carbocycles. The van der Waals surface area contributed by atoms with Gasteiger partial charge in [0.15, 0.2) is 0 Å². The van der Waals surface area contributed by atoms with Gasteiger partial charge in [-0.15, -0.1) is 0 Å². The number of nitrogens with zero attached hydrogens (tertiary/aromatic N) is 1. The first kappa shape index (κ1) is 14.0. The van der Waals surface area contributed by atoms with Crippen molar-refractivity contribution in [3.63, 3.8) is 0 Å². The van der Waals surface area contributed by atoms with Gasteiger partial charge in [-0.1, -0.05) is 52.3 Å². The van der Waals surface area contributed by atoms with Gasteiger partial charge in [-0.25, -0.2) is 4.98 Å². The lowest BCUT2D eigenvalue weighted by atomic mass is 10.1. The van der Waals surface area contributed by atoms with E-state index in [4.69, 9.17) is 4.74 Å². The Morgan fingerprint density at radius 2 is 1.81 bits per heavy atom. The van der Waals surface area contributed by atoms with E-state index in [0.29, 0.717) is 18.2 Å². The van der Waals surface area contributed by atoms with Crippen LogP contribution in [-0.2, 0) is 13.2 Å². The zero-order valence-electron chi connectivity index (χ0n) is 11.3. The topological polar surface area (TPSA) is 42.4 Å². The van der Waals surface area contributed by atoms with Crippen LogP contribution in [0.1, 0.15) is 11.3 Å². The molecule has 0 saturated heterocycles. The third-order valence-electron chi connectivity index (χ3n) is 3.24. The highest BCUT2D eigenvalue weighted by Crippen LogP contribution is 2.26. The number of hydrogen-bond acceptors (Lipinski definition) is 3. The number of benzene rings is 2. The fourth-order valence-corrected chi connectivity index (χ4v) is 2.57. The molecule has 0 atom stereocenters. The molecule has 2 aromatic carbocycles. The van der Waals surface area contributed by atoms with Crippen molar-refractivity contribution in [3.05, 3.63) is 70.3 Å². The van der Waals surface area contributed by atoms with E-state index in [1.54, 1.807) is 0 Å². The van der Waals surface area contributed by atoms with Crippen LogP contribution >= 0.6 is 15.9 Å². The number of ether oxygens (including phenoxy) is 1. The van der Waals surface area contributed by atoms with E-state index >= 15 is 0 Å². The first-order valence-corrected chi connectivity index (χ1v) is 7.43. The maximum absolute atomic E-state index is 9.33. The van der Waals surface area contributed by atoms with Crippen LogP contribution in [0, 0.1) is 0 Å². The maximum atomic E-state index is 9.33. The standard InChI is InChI=1S/C17H14BrNO2/c18-16-8-4-2-6-13(16)11-21-17-15-7-3-1-5-12(15)9-14(10-20)19-17/h1-9,20H,10-11H2. The Morgan fingerprint density at radius 3 is 2.62 bits per heavy atom. The lowest BCUT2D eigenvalue weighted by Gasteiger charge is -2.11. The van der Waals surface area contributed by atoms with Crippen molar-refractivity contribution in [3.8, 4) is 5.88 Å². The van der Waals surface area contributed by atoms with Gasteiger partial charge in [0.1, 0.15) is 6.61 Å². The highest BCUT2D eigenvalue weighted by Gasteiger charge is 2.08. The van der Waals surface area contributed by atoms with E-state index in [9.17, 15) is 5.11 Å². The van der Waals surface area contributed by atoms with Gasteiger partial charge in [-0.3, -0.25) is 0 Å². The van der Waals surface area contributed by atoms with Crippen LogP contribution in [0.4, 0.5) is 0 Å². The quantitative estimate of drug-likeness (QED) is 0.776. The molecule has 4 heteroatoms. The molecule has 0 bridgehead atoms. The molecule has 3 aromatic rings. The van der Waals surface area contributed by atoms with E-state index in [2.05, 4.69) is 20.9 Å². The summed E-state index contributed by atoms with van der Waals surface area (Å²) in [7, 11) is 0. The van der Waals surface area contributed by atoms with E-state index < -0.39 is 0 Å². The molecule has 1 heterocycles. The van der Waals surface area contributed by atoms with Gasteiger partial charge in [0.25, 0.3) is 0 Å². The minimum absolute atomic E-state index is 0.101. The molecule has 0 fully saturated rings. The van der Waals surface area contributed by atoms with Crippen molar-refractivity contribution in [2.75, 3.05) is 0 Å². The van der Waals surface area contributed by atoms with E-state index in [0.717, 1.165) is 20.8 Å². The van der Waals surface area contributed by atoms with Crippen LogP contribution in [0.2, 0.25) is 0 Å². The third-order valence-corrected chi connectivity index (χ3v) is 4.02. The summed E-state index contributed by atoms with van der Waals surface area (Å²) in [5.74, 6) is 0.549. The van der Waals surface area contributed by atoms with Crippen molar-refractivity contribution in [2.45, 2.75) is 13.2 Å². The van der Waals surface area contributed by atoms with Crippen LogP contribution in [0.3, 0.4) is 0 Å². The lowest BCUT2D eigenvalue weighted by molar-refractivity contribution is 0.267. The predicted octanol–water partition coefficient (Wildman–Crippen LogP) is 4.07. The molecular formula is C17H14BrNO2. The van der Waals surface area contributed by atoms with E-state index in [1.807, 2.05) is 54.6 Å². The number of aromatic nitrogens is 1. The molecular weight excluding hydrogens is 330 g/mol. The molecule has 0 amide bonds. The number of aliphatic hydroxyl groups is 1. The second-order valence-electron chi connectivity index (χ2n) is 4.68. The fourth-order valence-electron chi connectivity index (χ4n) is 2.17. The van der Waals surface area contributed by atoms with Crippen molar-refractivity contribution in [1.82, 2.24) is 4.98 Å². The molecule has 106 valence electrons. The van der Waals surface area contributed by atoms with E-state index in [1.165, 1.54) is 0 Å². The molecule has 0 spiro atoms. The number of pyridine rings is 1. The molecule has 0 radical (unpaired) electrons. The minimum atomic E-state index is -0.101. The zero-order valence-corrected chi connectivity index (χ0v) is 12.9. The summed E-state index contributed by atoms with van der Waals surface area (Å²) in [6.07, 6.45) is 0. The maximum Gasteiger partial charge on any atom is 0.222 e. The monoisotopic (exact) mass is 343 g/mol. The largest absolute Gasteiger partial charge is 0.472 e. The molecule has 1 N–H and O–H groups in total. The molecule has 21 heavy (non-hydrogen) atoms. The van der Waals surface area contributed by atoms with Crippen molar-refractivity contribution in [1.29, 1.82) is 0 Å². The van der Waals surface area contributed by atoms with Gasteiger partial charge >= 0.3 is 0 Å². The summed E-state index contributed by atoms with van der Waals surface area (Å²) in [6.45, 7) is 0.323. The van der Waals surface area contributed by atoms with Crippen LogP contribution in [0.15, 0.2) is 59.1 Å². The molecule has 0 aliphatic rings. The minimum Gasteiger partial charge on any atom is -0.472 e. The average Bonchev–Trinajstić information content (AvgIpc) is 2.53. The molecule has 0 saturated carbocycles. The predicted molar refractivity (Wildman–Crippen MR) is 86.1 cm³/mol. The normalized spacial score (nSPS) is 10.8. The van der Waals surface area contributed by atoms with Gasteiger partial charge in [0.05, 0.1) is 12.3 Å². The summed E-state index contributed by atoms with van der Waals surface area (Å²) < 4.78 is 6.88. The number of fused-ring (bicyclic) bond motifs is 1. The van der Waals surface area contributed by atoms with Crippen molar-refractivity contribution >= 4 is 26.7 Å². The van der Waals surface area contributed by atoms with Crippen LogP contribution in [0.5, 0.6) is 5.88 Å². The highest BCUT2D eigenvalue weighted by atomic mass is 79.9. The Labute approximate surface area is 131 Å².